The van der Waals surface area contributed by atoms with E-state index in [1.165, 1.54) is 0 Å². The molecular weight excluding hydrogens is 386 g/mol. The van der Waals surface area contributed by atoms with Gasteiger partial charge in [0.05, 0.1) is 12.7 Å². The van der Waals surface area contributed by atoms with E-state index in [2.05, 4.69) is 10.1 Å². The fourth-order valence-electron chi connectivity index (χ4n) is 3.88. The summed E-state index contributed by atoms with van der Waals surface area (Å²) >= 11 is 0. The maximum Gasteiger partial charge on any atom is 0.257 e. The summed E-state index contributed by atoms with van der Waals surface area (Å²) in [6.45, 7) is 1.48. The molecule has 0 aliphatic carbocycles. The molecule has 1 aromatic heterocycles. The molecule has 3 aromatic rings. The summed E-state index contributed by atoms with van der Waals surface area (Å²) < 4.78 is 21.6. The number of amides is 1. The van der Waals surface area contributed by atoms with Gasteiger partial charge in [-0.1, -0.05) is 17.3 Å². The van der Waals surface area contributed by atoms with Crippen molar-refractivity contribution in [3.8, 4) is 28.6 Å². The molecule has 1 fully saturated rings. The maximum absolute atomic E-state index is 12.9. The standard InChI is InChI=1S/C22H21N3O5/c1-27-17-5-3-2-4-16(17)22(26)25-10-8-14(9-11-25)21-23-20(24-30-21)15-6-7-18-19(12-15)29-13-28-18/h2-7,12,14H,8-11,13H2,1H3. The van der Waals surface area contributed by atoms with Gasteiger partial charge in [-0.2, -0.15) is 4.98 Å². The number of carbonyl (C=O) groups is 1. The van der Waals surface area contributed by atoms with E-state index >= 15 is 0 Å². The number of aromatic nitrogens is 2. The topological polar surface area (TPSA) is 86.9 Å². The van der Waals surface area contributed by atoms with E-state index in [0.717, 1.165) is 24.2 Å². The predicted octanol–water partition coefficient (Wildman–Crippen LogP) is 3.49. The van der Waals surface area contributed by atoms with Crippen LogP contribution in [0, 0.1) is 0 Å². The summed E-state index contributed by atoms with van der Waals surface area (Å²) in [5.74, 6) is 3.23. The first-order valence-corrected chi connectivity index (χ1v) is 9.89. The molecule has 0 bridgehead atoms. The third-order valence-electron chi connectivity index (χ3n) is 5.54. The van der Waals surface area contributed by atoms with E-state index in [9.17, 15) is 4.79 Å². The van der Waals surface area contributed by atoms with Gasteiger partial charge in [0.2, 0.25) is 18.5 Å². The third kappa shape index (κ3) is 3.34. The SMILES string of the molecule is COc1ccccc1C(=O)N1CCC(c2nc(-c3ccc4c(c3)OCO4)no2)CC1. The Morgan fingerprint density at radius 3 is 2.73 bits per heavy atom. The second-order valence-corrected chi connectivity index (χ2v) is 7.29. The Morgan fingerprint density at radius 1 is 1.10 bits per heavy atom. The van der Waals surface area contributed by atoms with Gasteiger partial charge < -0.3 is 23.6 Å². The zero-order chi connectivity index (χ0) is 20.5. The number of benzene rings is 2. The average molecular weight is 407 g/mol. The monoisotopic (exact) mass is 407 g/mol. The van der Waals surface area contributed by atoms with Crippen LogP contribution in [0.15, 0.2) is 47.0 Å². The minimum atomic E-state index is -0.0162. The van der Waals surface area contributed by atoms with Crippen LogP contribution in [-0.2, 0) is 0 Å². The van der Waals surface area contributed by atoms with Crippen molar-refractivity contribution in [2.24, 2.45) is 0 Å². The summed E-state index contributed by atoms with van der Waals surface area (Å²) in [6.07, 6.45) is 1.54. The molecule has 1 amide bonds. The quantitative estimate of drug-likeness (QED) is 0.654. The Labute approximate surface area is 173 Å². The molecular formula is C22H21N3O5. The number of hydrogen-bond donors (Lipinski definition) is 0. The van der Waals surface area contributed by atoms with E-state index in [4.69, 9.17) is 18.7 Å². The second kappa shape index (κ2) is 7.70. The largest absolute Gasteiger partial charge is 0.496 e. The Kier molecular flexibility index (Phi) is 4.74. The first kappa shape index (κ1) is 18.5. The highest BCUT2D eigenvalue weighted by Crippen LogP contribution is 2.36. The van der Waals surface area contributed by atoms with Crippen molar-refractivity contribution in [3.63, 3.8) is 0 Å². The van der Waals surface area contributed by atoms with Crippen molar-refractivity contribution in [1.82, 2.24) is 15.0 Å². The van der Waals surface area contributed by atoms with E-state index in [1.807, 2.05) is 35.2 Å². The first-order chi connectivity index (χ1) is 14.7. The third-order valence-corrected chi connectivity index (χ3v) is 5.54. The van der Waals surface area contributed by atoms with Gasteiger partial charge in [-0.15, -0.1) is 0 Å². The molecule has 3 heterocycles. The highest BCUT2D eigenvalue weighted by Gasteiger charge is 2.29. The number of fused-ring (bicyclic) bond motifs is 1. The highest BCUT2D eigenvalue weighted by molar-refractivity contribution is 5.97. The van der Waals surface area contributed by atoms with E-state index in [0.29, 0.717) is 41.9 Å². The van der Waals surface area contributed by atoms with Gasteiger partial charge in [0.25, 0.3) is 5.91 Å². The van der Waals surface area contributed by atoms with Gasteiger partial charge in [-0.25, -0.2) is 0 Å². The van der Waals surface area contributed by atoms with Crippen LogP contribution in [0.25, 0.3) is 11.4 Å². The molecule has 5 rings (SSSR count). The van der Waals surface area contributed by atoms with E-state index in [1.54, 1.807) is 19.2 Å². The van der Waals surface area contributed by atoms with E-state index < -0.39 is 0 Å². The van der Waals surface area contributed by atoms with Crippen molar-refractivity contribution in [2.75, 3.05) is 27.0 Å². The number of ether oxygens (including phenoxy) is 3. The molecule has 8 nitrogen and oxygen atoms in total. The van der Waals surface area contributed by atoms with Gasteiger partial charge in [-0.3, -0.25) is 4.79 Å². The molecule has 1 saturated heterocycles. The number of likely N-dealkylation sites (tertiary alicyclic amines) is 1. The number of nitrogens with zero attached hydrogens (tertiary/aromatic N) is 3. The number of hydrogen-bond acceptors (Lipinski definition) is 7. The zero-order valence-corrected chi connectivity index (χ0v) is 16.5. The average Bonchev–Trinajstić information content (AvgIpc) is 3.48. The Hall–Kier alpha value is -3.55. The molecule has 2 aliphatic rings. The lowest BCUT2D eigenvalue weighted by Crippen LogP contribution is -2.38. The van der Waals surface area contributed by atoms with Gasteiger partial charge in [-0.05, 0) is 43.2 Å². The summed E-state index contributed by atoms with van der Waals surface area (Å²) in [7, 11) is 1.58. The maximum atomic E-state index is 12.9. The summed E-state index contributed by atoms with van der Waals surface area (Å²) in [6, 6.07) is 12.9. The van der Waals surface area contributed by atoms with Crippen LogP contribution in [0.5, 0.6) is 17.2 Å². The second-order valence-electron chi connectivity index (χ2n) is 7.29. The van der Waals surface area contributed by atoms with E-state index in [-0.39, 0.29) is 18.6 Å². The number of methoxy groups -OCH3 is 1. The molecule has 2 aromatic carbocycles. The summed E-state index contributed by atoms with van der Waals surface area (Å²) in [4.78, 5) is 19.3. The molecule has 0 unspecified atom stereocenters. The van der Waals surface area contributed by atoms with Crippen molar-refractivity contribution < 1.29 is 23.5 Å². The number of rotatable bonds is 4. The zero-order valence-electron chi connectivity index (χ0n) is 16.5. The Bertz CT molecular complexity index is 1070. The van der Waals surface area contributed by atoms with Crippen LogP contribution in [-0.4, -0.2) is 47.9 Å². The molecule has 8 heteroatoms. The van der Waals surface area contributed by atoms with Crippen molar-refractivity contribution in [3.05, 3.63) is 53.9 Å². The summed E-state index contributed by atoms with van der Waals surface area (Å²) in [5.41, 5.74) is 1.40. The predicted molar refractivity (Wildman–Crippen MR) is 107 cm³/mol. The molecule has 0 saturated carbocycles. The fraction of sp³-hybridized carbons (Fsp3) is 0.318. The van der Waals surface area contributed by atoms with Crippen LogP contribution in [0.4, 0.5) is 0 Å². The van der Waals surface area contributed by atoms with Gasteiger partial charge in [0, 0.05) is 24.6 Å². The van der Waals surface area contributed by atoms with Crippen molar-refractivity contribution >= 4 is 5.91 Å². The fourth-order valence-corrected chi connectivity index (χ4v) is 3.88. The van der Waals surface area contributed by atoms with Gasteiger partial charge in [0.1, 0.15) is 5.75 Å². The minimum absolute atomic E-state index is 0.0162. The first-order valence-electron chi connectivity index (χ1n) is 9.89. The highest BCUT2D eigenvalue weighted by atomic mass is 16.7. The number of para-hydroxylation sites is 1. The lowest BCUT2D eigenvalue weighted by molar-refractivity contribution is 0.0701. The van der Waals surface area contributed by atoms with Crippen LogP contribution < -0.4 is 14.2 Å². The smallest absolute Gasteiger partial charge is 0.257 e. The lowest BCUT2D eigenvalue weighted by atomic mass is 9.96. The minimum Gasteiger partial charge on any atom is -0.496 e. The molecule has 0 atom stereocenters. The molecule has 154 valence electrons. The van der Waals surface area contributed by atoms with Crippen LogP contribution in [0.3, 0.4) is 0 Å². The van der Waals surface area contributed by atoms with Gasteiger partial charge >= 0.3 is 0 Å². The normalized spacial score (nSPS) is 16.0. The Balaban J connectivity index is 1.26. The van der Waals surface area contributed by atoms with Crippen molar-refractivity contribution in [2.45, 2.75) is 18.8 Å². The lowest BCUT2D eigenvalue weighted by Gasteiger charge is -2.30. The van der Waals surface area contributed by atoms with Crippen LogP contribution in [0.2, 0.25) is 0 Å². The molecule has 0 spiro atoms. The Morgan fingerprint density at radius 2 is 1.90 bits per heavy atom. The number of carbonyl (C=O) groups excluding carboxylic acids is 1. The molecule has 0 radical (unpaired) electrons. The summed E-state index contributed by atoms with van der Waals surface area (Å²) in [5, 5.41) is 4.13. The number of piperidine rings is 1. The van der Waals surface area contributed by atoms with Crippen molar-refractivity contribution in [1.29, 1.82) is 0 Å². The molecule has 0 N–H and O–H groups in total. The molecule has 2 aliphatic heterocycles. The van der Waals surface area contributed by atoms with Crippen LogP contribution >= 0.6 is 0 Å². The molecule has 30 heavy (non-hydrogen) atoms. The van der Waals surface area contributed by atoms with Crippen LogP contribution in [0.1, 0.15) is 35.0 Å². The van der Waals surface area contributed by atoms with Gasteiger partial charge in [0.15, 0.2) is 11.5 Å².